The molecular weight excluding hydrogens is 354 g/mol. The summed E-state index contributed by atoms with van der Waals surface area (Å²) in [5.74, 6) is 0. The zero-order valence-corrected chi connectivity index (χ0v) is 16.0. The molecule has 5 heterocycles. The zero-order chi connectivity index (χ0) is 18.2. The minimum absolute atomic E-state index is 0.0312. The number of fused-ring (bicyclic) bond motifs is 1. The molecule has 27 heavy (non-hydrogen) atoms. The number of thioether (sulfide) groups is 1. The van der Waals surface area contributed by atoms with Crippen molar-refractivity contribution >= 4 is 16.9 Å². The van der Waals surface area contributed by atoms with Crippen molar-refractivity contribution in [2.45, 2.75) is 30.8 Å². The summed E-state index contributed by atoms with van der Waals surface area (Å²) in [6.07, 6.45) is 7.77. The van der Waals surface area contributed by atoms with E-state index in [9.17, 15) is 0 Å². The third-order valence-corrected chi connectivity index (χ3v) is 6.23. The summed E-state index contributed by atoms with van der Waals surface area (Å²) in [5.41, 5.74) is 3.52. The predicted molar refractivity (Wildman–Crippen MR) is 109 cm³/mol. The minimum Gasteiger partial charge on any atom is -0.345 e. The van der Waals surface area contributed by atoms with Gasteiger partial charge >= 0.3 is 0 Å². The lowest BCUT2D eigenvalue weighted by molar-refractivity contribution is 0.308. The topological polar surface area (TPSA) is 46.3 Å². The second kappa shape index (κ2) is 6.85. The van der Waals surface area contributed by atoms with Crippen LogP contribution in [0.1, 0.15) is 36.0 Å². The number of hydrogen-bond donors (Lipinski definition) is 0. The van der Waals surface area contributed by atoms with E-state index in [4.69, 9.17) is 4.99 Å². The average Bonchev–Trinajstić information content (AvgIpc) is 3.37. The maximum absolute atomic E-state index is 5.07. The molecule has 3 aromatic rings. The van der Waals surface area contributed by atoms with Crippen LogP contribution in [0.5, 0.6) is 0 Å². The van der Waals surface area contributed by atoms with Gasteiger partial charge in [-0.05, 0) is 35.9 Å². The van der Waals surface area contributed by atoms with Gasteiger partial charge in [0.15, 0.2) is 5.17 Å². The Hall–Kier alpha value is -2.60. The molecule has 2 aliphatic rings. The largest absolute Gasteiger partial charge is 0.345 e. The first kappa shape index (κ1) is 16.6. The van der Waals surface area contributed by atoms with Gasteiger partial charge in [0.25, 0.3) is 0 Å². The van der Waals surface area contributed by atoms with Crippen molar-refractivity contribution in [1.29, 1.82) is 0 Å². The van der Waals surface area contributed by atoms with Crippen LogP contribution in [0.4, 0.5) is 0 Å². The van der Waals surface area contributed by atoms with E-state index in [1.165, 1.54) is 11.3 Å². The second-order valence-corrected chi connectivity index (χ2v) is 8.46. The molecule has 0 radical (unpaired) electrons. The molecule has 2 aliphatic heterocycles. The van der Waals surface area contributed by atoms with Gasteiger partial charge in [-0.1, -0.05) is 30.8 Å². The van der Waals surface area contributed by atoms with Gasteiger partial charge in [-0.25, -0.2) is 0 Å². The Morgan fingerprint density at radius 3 is 2.89 bits per heavy atom. The highest BCUT2D eigenvalue weighted by Gasteiger charge is 2.44. The van der Waals surface area contributed by atoms with Crippen LogP contribution >= 0.6 is 11.8 Å². The lowest BCUT2D eigenvalue weighted by Gasteiger charge is -2.28. The van der Waals surface area contributed by atoms with Crippen molar-refractivity contribution in [2.24, 2.45) is 4.99 Å². The van der Waals surface area contributed by atoms with Gasteiger partial charge in [0.2, 0.25) is 0 Å². The number of aliphatic imine (C=N–C) groups is 1. The Balaban J connectivity index is 1.53. The number of hydrogen-bond acceptors (Lipinski definition) is 5. The monoisotopic (exact) mass is 375 g/mol. The lowest BCUT2D eigenvalue weighted by atomic mass is 10.0. The van der Waals surface area contributed by atoms with Crippen molar-refractivity contribution in [3.63, 3.8) is 0 Å². The Kier molecular flexibility index (Phi) is 4.20. The fourth-order valence-electron chi connectivity index (χ4n) is 3.97. The van der Waals surface area contributed by atoms with Crippen LogP contribution in [0.25, 0.3) is 0 Å². The molecule has 0 aromatic carbocycles. The van der Waals surface area contributed by atoms with Gasteiger partial charge in [0.1, 0.15) is 6.04 Å². The van der Waals surface area contributed by atoms with Crippen molar-refractivity contribution < 1.29 is 0 Å². The molecule has 1 saturated heterocycles. The van der Waals surface area contributed by atoms with E-state index in [1.807, 2.05) is 48.6 Å². The Morgan fingerprint density at radius 1 is 1.11 bits per heavy atom. The molecule has 0 amide bonds. The van der Waals surface area contributed by atoms with Crippen molar-refractivity contribution in [2.75, 3.05) is 6.54 Å². The molecule has 0 spiro atoms. The summed E-state index contributed by atoms with van der Waals surface area (Å²) < 4.78 is 2.32. The summed E-state index contributed by atoms with van der Waals surface area (Å²) in [4.78, 5) is 16.4. The molecule has 3 aromatic heterocycles. The Labute approximate surface area is 163 Å². The van der Waals surface area contributed by atoms with Crippen LogP contribution in [-0.4, -0.2) is 36.4 Å². The van der Waals surface area contributed by atoms with E-state index < -0.39 is 0 Å². The highest BCUT2D eigenvalue weighted by atomic mass is 32.2. The molecule has 0 saturated carbocycles. The number of rotatable bonds is 4. The van der Waals surface area contributed by atoms with Crippen molar-refractivity contribution in [3.8, 4) is 0 Å². The van der Waals surface area contributed by atoms with E-state index in [0.717, 1.165) is 24.0 Å². The van der Waals surface area contributed by atoms with E-state index in [0.29, 0.717) is 5.25 Å². The molecule has 5 nitrogen and oxygen atoms in total. The van der Waals surface area contributed by atoms with Gasteiger partial charge < -0.3 is 9.47 Å². The third-order valence-electron chi connectivity index (χ3n) is 5.12. The highest BCUT2D eigenvalue weighted by molar-refractivity contribution is 8.14. The smallest absolute Gasteiger partial charge is 0.160 e. The summed E-state index contributed by atoms with van der Waals surface area (Å²) in [6, 6.07) is 14.8. The Bertz CT molecular complexity index is 953. The first-order valence-corrected chi connectivity index (χ1v) is 10.1. The fraction of sp³-hybridized carbons (Fsp3) is 0.286. The zero-order valence-electron chi connectivity index (χ0n) is 15.1. The predicted octanol–water partition coefficient (Wildman–Crippen LogP) is 3.92. The second-order valence-electron chi connectivity index (χ2n) is 7.06. The fourth-order valence-corrected chi connectivity index (χ4v) is 5.06. The minimum atomic E-state index is 0.0312. The first-order chi connectivity index (χ1) is 13.3. The summed E-state index contributed by atoms with van der Waals surface area (Å²) in [6.45, 7) is 4.11. The summed E-state index contributed by atoms with van der Waals surface area (Å²) in [5, 5.41) is 1.72. The Morgan fingerprint density at radius 2 is 2.07 bits per heavy atom. The van der Waals surface area contributed by atoms with Crippen molar-refractivity contribution in [1.82, 2.24) is 19.4 Å². The van der Waals surface area contributed by atoms with Gasteiger partial charge in [-0.15, -0.1) is 0 Å². The van der Waals surface area contributed by atoms with Crippen LogP contribution in [-0.2, 0) is 6.54 Å². The standard InChI is InChI=1S/C21H21N5S/c1-15-13-26-20(19(24-21(26)27-15)17-7-2-3-10-23-17)18-8-5-11-25(18)14-16-6-4-9-22-12-16/h2-12,15,19-20H,13-14H2,1H3. The first-order valence-electron chi connectivity index (χ1n) is 9.25. The quantitative estimate of drug-likeness (QED) is 0.693. The molecule has 0 N–H and O–H groups in total. The van der Waals surface area contributed by atoms with Crippen LogP contribution in [0.3, 0.4) is 0 Å². The lowest BCUT2D eigenvalue weighted by Crippen LogP contribution is -2.30. The van der Waals surface area contributed by atoms with Gasteiger partial charge in [-0.2, -0.15) is 0 Å². The number of amidine groups is 1. The molecule has 1 fully saturated rings. The summed E-state index contributed by atoms with van der Waals surface area (Å²) in [7, 11) is 0. The molecule has 0 bridgehead atoms. The molecule has 6 heteroatoms. The van der Waals surface area contributed by atoms with E-state index >= 15 is 0 Å². The maximum Gasteiger partial charge on any atom is 0.160 e. The van der Waals surface area contributed by atoms with Crippen LogP contribution < -0.4 is 0 Å². The van der Waals surface area contributed by atoms with Crippen LogP contribution in [0.15, 0.2) is 72.2 Å². The van der Waals surface area contributed by atoms with Crippen molar-refractivity contribution in [3.05, 3.63) is 84.2 Å². The SMILES string of the molecule is CC1CN2C(=NC(c3ccccn3)C2c2cccn2Cc2cccnc2)S1. The van der Waals surface area contributed by atoms with Crippen LogP contribution in [0.2, 0.25) is 0 Å². The van der Waals surface area contributed by atoms with Gasteiger partial charge in [0, 0.05) is 48.8 Å². The van der Waals surface area contributed by atoms with Gasteiger partial charge in [0.05, 0.1) is 11.7 Å². The van der Waals surface area contributed by atoms with E-state index in [-0.39, 0.29) is 12.1 Å². The van der Waals surface area contributed by atoms with E-state index in [1.54, 1.807) is 0 Å². The molecule has 0 aliphatic carbocycles. The molecule has 5 rings (SSSR count). The third kappa shape index (κ3) is 3.04. The molecule has 3 unspecified atom stereocenters. The average molecular weight is 376 g/mol. The molecule has 3 atom stereocenters. The molecule has 136 valence electrons. The highest BCUT2D eigenvalue weighted by Crippen LogP contribution is 2.47. The molecular formula is C21H21N5S. The number of pyridine rings is 2. The van der Waals surface area contributed by atoms with E-state index in [2.05, 4.69) is 56.8 Å². The van der Waals surface area contributed by atoms with Gasteiger partial charge in [-0.3, -0.25) is 15.0 Å². The van der Waals surface area contributed by atoms with Crippen LogP contribution in [0, 0.1) is 0 Å². The normalized spacial score (nSPS) is 24.1. The maximum atomic E-state index is 5.07. The number of aromatic nitrogens is 3. The summed E-state index contributed by atoms with van der Waals surface area (Å²) >= 11 is 1.87. The number of nitrogens with zero attached hydrogens (tertiary/aromatic N) is 5.